The van der Waals surface area contributed by atoms with Gasteiger partial charge in [-0.05, 0) is 86.2 Å². The maximum atomic E-state index is 13.3. The molecule has 0 spiro atoms. The molecule has 172 valence electrons. The summed E-state index contributed by atoms with van der Waals surface area (Å²) in [6, 6.07) is 17.2. The van der Waals surface area contributed by atoms with Crippen LogP contribution < -0.4 is 10.6 Å². The van der Waals surface area contributed by atoms with Gasteiger partial charge in [-0.2, -0.15) is 0 Å². The lowest BCUT2D eigenvalue weighted by Crippen LogP contribution is -2.55. The first-order chi connectivity index (χ1) is 15.9. The molecule has 5 nitrogen and oxygen atoms in total. The fourth-order valence-electron chi connectivity index (χ4n) is 6.69. The first-order valence-electron chi connectivity index (χ1n) is 11.9. The molecule has 4 bridgehead atoms. The number of amides is 2. The molecule has 6 rings (SSSR count). The number of carbonyl (C=O) groups excluding carboxylic acids is 2. The van der Waals surface area contributed by atoms with Gasteiger partial charge < -0.3 is 15.5 Å². The van der Waals surface area contributed by atoms with Crippen molar-refractivity contribution in [1.82, 2.24) is 10.2 Å². The summed E-state index contributed by atoms with van der Waals surface area (Å²) in [5.41, 5.74) is 1.95. The maximum absolute atomic E-state index is 13.3. The van der Waals surface area contributed by atoms with Crippen LogP contribution in [0.3, 0.4) is 0 Å². The Bertz CT molecular complexity index is 1030. The van der Waals surface area contributed by atoms with Crippen molar-refractivity contribution >= 4 is 34.8 Å². The SMILES string of the molecule is CN(Cc1ccccc1)C(=O)c1ccccc1NC(=S)NC(=O)C12CC3CC(CC(C3)C1)C2. The summed E-state index contributed by atoms with van der Waals surface area (Å²) < 4.78 is 0. The van der Waals surface area contributed by atoms with Crippen molar-refractivity contribution in [3.8, 4) is 0 Å². The molecule has 4 saturated carbocycles. The Balaban J connectivity index is 1.25. The molecule has 2 N–H and O–H groups in total. The van der Waals surface area contributed by atoms with Crippen LogP contribution in [0.1, 0.15) is 54.4 Å². The highest BCUT2D eigenvalue weighted by Crippen LogP contribution is 2.60. The van der Waals surface area contributed by atoms with Crippen LogP contribution in [0.2, 0.25) is 0 Å². The van der Waals surface area contributed by atoms with Gasteiger partial charge in [0.25, 0.3) is 5.91 Å². The summed E-state index contributed by atoms with van der Waals surface area (Å²) in [4.78, 5) is 28.2. The van der Waals surface area contributed by atoms with Crippen LogP contribution >= 0.6 is 12.2 Å². The van der Waals surface area contributed by atoms with Crippen molar-refractivity contribution in [2.24, 2.45) is 23.2 Å². The van der Waals surface area contributed by atoms with Crippen LogP contribution in [0.15, 0.2) is 54.6 Å². The van der Waals surface area contributed by atoms with Gasteiger partial charge in [0, 0.05) is 13.6 Å². The zero-order valence-corrected chi connectivity index (χ0v) is 19.9. The predicted molar refractivity (Wildman–Crippen MR) is 134 cm³/mol. The number of hydrogen-bond acceptors (Lipinski definition) is 3. The number of para-hydroxylation sites is 1. The zero-order valence-electron chi connectivity index (χ0n) is 19.0. The van der Waals surface area contributed by atoms with Crippen LogP contribution in [0.4, 0.5) is 5.69 Å². The minimum absolute atomic E-state index is 0.0594. The van der Waals surface area contributed by atoms with Crippen molar-refractivity contribution in [3.63, 3.8) is 0 Å². The maximum Gasteiger partial charge on any atom is 0.256 e. The molecule has 2 amide bonds. The molecule has 2 aromatic carbocycles. The van der Waals surface area contributed by atoms with Crippen molar-refractivity contribution in [2.75, 3.05) is 12.4 Å². The van der Waals surface area contributed by atoms with E-state index in [1.807, 2.05) is 48.5 Å². The van der Waals surface area contributed by atoms with E-state index in [-0.39, 0.29) is 22.3 Å². The lowest BCUT2D eigenvalue weighted by atomic mass is 9.49. The van der Waals surface area contributed by atoms with E-state index in [0.29, 0.717) is 35.5 Å². The topological polar surface area (TPSA) is 61.4 Å². The van der Waals surface area contributed by atoms with Gasteiger partial charge in [0.05, 0.1) is 16.7 Å². The van der Waals surface area contributed by atoms with Gasteiger partial charge in [-0.15, -0.1) is 0 Å². The molecule has 0 aliphatic heterocycles. The monoisotopic (exact) mass is 461 g/mol. The highest BCUT2D eigenvalue weighted by Gasteiger charge is 2.54. The molecule has 4 aliphatic rings. The number of rotatable bonds is 5. The lowest BCUT2D eigenvalue weighted by Gasteiger charge is -2.55. The van der Waals surface area contributed by atoms with Crippen LogP contribution in [0.25, 0.3) is 0 Å². The van der Waals surface area contributed by atoms with Crippen LogP contribution in [-0.4, -0.2) is 28.9 Å². The van der Waals surface area contributed by atoms with E-state index in [2.05, 4.69) is 10.6 Å². The van der Waals surface area contributed by atoms with Gasteiger partial charge in [-0.25, -0.2) is 0 Å². The average molecular weight is 462 g/mol. The second-order valence-corrected chi connectivity index (χ2v) is 10.7. The molecule has 4 aliphatic carbocycles. The quantitative estimate of drug-likeness (QED) is 0.616. The van der Waals surface area contributed by atoms with Crippen molar-refractivity contribution < 1.29 is 9.59 Å². The molecule has 4 fully saturated rings. The Labute approximate surface area is 200 Å². The van der Waals surface area contributed by atoms with Crippen LogP contribution in [0.5, 0.6) is 0 Å². The minimum Gasteiger partial charge on any atom is -0.337 e. The molecule has 0 atom stereocenters. The number of thiocarbonyl (C=S) groups is 1. The van der Waals surface area contributed by atoms with Crippen LogP contribution in [0, 0.1) is 23.2 Å². The minimum atomic E-state index is -0.258. The van der Waals surface area contributed by atoms with Gasteiger partial charge in [-0.1, -0.05) is 42.5 Å². The standard InChI is InChI=1S/C27H31N3O2S/c1-30(17-18-7-3-2-4-8-18)24(31)22-9-5-6-10-23(22)28-26(33)29-25(32)27-14-19-11-20(15-27)13-21(12-19)16-27/h2-10,19-21H,11-17H2,1H3,(H2,28,29,32,33). The Hall–Kier alpha value is -2.73. The largest absolute Gasteiger partial charge is 0.337 e. The van der Waals surface area contributed by atoms with E-state index >= 15 is 0 Å². The first-order valence-corrected chi connectivity index (χ1v) is 12.3. The van der Waals surface area contributed by atoms with Gasteiger partial charge in [0.15, 0.2) is 5.11 Å². The summed E-state index contributed by atoms with van der Waals surface area (Å²) in [5.74, 6) is 2.05. The Morgan fingerprint density at radius 3 is 2.15 bits per heavy atom. The third-order valence-corrected chi connectivity index (χ3v) is 7.97. The Morgan fingerprint density at radius 2 is 1.52 bits per heavy atom. The Morgan fingerprint density at radius 1 is 0.939 bits per heavy atom. The molecule has 0 saturated heterocycles. The van der Waals surface area contributed by atoms with Gasteiger partial charge in [-0.3, -0.25) is 9.59 Å². The second-order valence-electron chi connectivity index (χ2n) is 10.3. The summed E-state index contributed by atoms with van der Waals surface area (Å²) in [6.07, 6.45) is 6.86. The van der Waals surface area contributed by atoms with E-state index < -0.39 is 0 Å². The third kappa shape index (κ3) is 4.54. The van der Waals surface area contributed by atoms with E-state index in [1.54, 1.807) is 18.0 Å². The highest BCUT2D eigenvalue weighted by molar-refractivity contribution is 7.80. The Kier molecular flexibility index (Phi) is 5.95. The molecule has 6 heteroatoms. The van der Waals surface area contributed by atoms with Gasteiger partial charge in [0.1, 0.15) is 0 Å². The average Bonchev–Trinajstić information content (AvgIpc) is 2.78. The molecule has 0 aromatic heterocycles. The fraction of sp³-hybridized carbons (Fsp3) is 0.444. The number of nitrogens with zero attached hydrogens (tertiary/aromatic N) is 1. The van der Waals surface area contributed by atoms with E-state index in [9.17, 15) is 9.59 Å². The highest BCUT2D eigenvalue weighted by atomic mass is 32.1. The van der Waals surface area contributed by atoms with E-state index in [1.165, 1.54) is 19.3 Å². The molecular weight excluding hydrogens is 430 g/mol. The normalized spacial score (nSPS) is 27.1. The van der Waals surface area contributed by atoms with E-state index in [4.69, 9.17) is 12.2 Å². The summed E-state index contributed by atoms with van der Waals surface area (Å²) in [5, 5.41) is 6.37. The summed E-state index contributed by atoms with van der Waals surface area (Å²) >= 11 is 5.52. The molecule has 0 heterocycles. The number of anilines is 1. The molecule has 0 unspecified atom stereocenters. The molecular formula is C27H31N3O2S. The number of hydrogen-bond donors (Lipinski definition) is 2. The number of nitrogens with one attached hydrogen (secondary N) is 2. The van der Waals surface area contributed by atoms with E-state index in [0.717, 1.165) is 24.8 Å². The number of benzene rings is 2. The first kappa shape index (κ1) is 22.1. The van der Waals surface area contributed by atoms with Crippen molar-refractivity contribution in [3.05, 3.63) is 65.7 Å². The number of carbonyl (C=O) groups is 2. The molecule has 0 radical (unpaired) electrons. The van der Waals surface area contributed by atoms with Crippen molar-refractivity contribution in [1.29, 1.82) is 0 Å². The predicted octanol–water partition coefficient (Wildman–Crippen LogP) is 4.99. The summed E-state index contributed by atoms with van der Waals surface area (Å²) in [7, 11) is 1.79. The summed E-state index contributed by atoms with van der Waals surface area (Å²) in [6.45, 7) is 0.515. The second kappa shape index (κ2) is 8.90. The van der Waals surface area contributed by atoms with Gasteiger partial charge >= 0.3 is 0 Å². The molecule has 33 heavy (non-hydrogen) atoms. The fourth-order valence-corrected chi connectivity index (χ4v) is 6.89. The smallest absolute Gasteiger partial charge is 0.256 e. The molecule has 2 aromatic rings. The van der Waals surface area contributed by atoms with Gasteiger partial charge in [0.2, 0.25) is 5.91 Å². The van der Waals surface area contributed by atoms with Crippen LogP contribution in [-0.2, 0) is 11.3 Å². The van der Waals surface area contributed by atoms with Crippen molar-refractivity contribution in [2.45, 2.75) is 45.1 Å². The third-order valence-electron chi connectivity index (χ3n) is 7.76. The zero-order chi connectivity index (χ0) is 23.0. The lowest BCUT2D eigenvalue weighted by molar-refractivity contribution is -0.144.